The van der Waals surface area contributed by atoms with Crippen molar-refractivity contribution in [3.63, 3.8) is 0 Å². The van der Waals surface area contributed by atoms with E-state index in [0.717, 1.165) is 5.92 Å². The standard InChI is InChI=1S/C20H26/c1-2-3-4-11-17-14-19(16-9-5-6-10-16)15-18-12-7-8-13-20(17)18/h7-8,12-16H,2-6,9-11H2,1H3. The van der Waals surface area contributed by atoms with E-state index in [1.165, 1.54) is 62.1 Å². The molecule has 0 saturated heterocycles. The summed E-state index contributed by atoms with van der Waals surface area (Å²) in [6.07, 6.45) is 10.9. The van der Waals surface area contributed by atoms with Crippen LogP contribution in [0.25, 0.3) is 10.8 Å². The molecule has 106 valence electrons. The van der Waals surface area contributed by atoms with Crippen molar-refractivity contribution >= 4 is 10.8 Å². The highest BCUT2D eigenvalue weighted by molar-refractivity contribution is 5.86. The van der Waals surface area contributed by atoms with Gasteiger partial charge in [-0.1, -0.05) is 69.0 Å². The van der Waals surface area contributed by atoms with Crippen molar-refractivity contribution < 1.29 is 0 Å². The van der Waals surface area contributed by atoms with E-state index in [2.05, 4.69) is 43.3 Å². The van der Waals surface area contributed by atoms with Gasteiger partial charge in [-0.25, -0.2) is 0 Å². The van der Waals surface area contributed by atoms with Crippen molar-refractivity contribution in [3.8, 4) is 0 Å². The summed E-state index contributed by atoms with van der Waals surface area (Å²) in [5.41, 5.74) is 3.19. The zero-order valence-electron chi connectivity index (χ0n) is 12.7. The van der Waals surface area contributed by atoms with Crippen LogP contribution in [-0.2, 0) is 6.42 Å². The van der Waals surface area contributed by atoms with Gasteiger partial charge >= 0.3 is 0 Å². The second kappa shape index (κ2) is 6.43. The highest BCUT2D eigenvalue weighted by Crippen LogP contribution is 2.36. The van der Waals surface area contributed by atoms with E-state index in [1.807, 2.05) is 0 Å². The molecule has 3 rings (SSSR count). The highest BCUT2D eigenvalue weighted by Gasteiger charge is 2.18. The highest BCUT2D eigenvalue weighted by atomic mass is 14.2. The Kier molecular flexibility index (Phi) is 4.40. The van der Waals surface area contributed by atoms with E-state index < -0.39 is 0 Å². The largest absolute Gasteiger partial charge is 0.0654 e. The third kappa shape index (κ3) is 2.90. The van der Waals surface area contributed by atoms with Gasteiger partial charge in [-0.3, -0.25) is 0 Å². The van der Waals surface area contributed by atoms with E-state index in [9.17, 15) is 0 Å². The molecule has 0 heterocycles. The molecule has 2 aromatic rings. The summed E-state index contributed by atoms with van der Waals surface area (Å²) >= 11 is 0. The summed E-state index contributed by atoms with van der Waals surface area (Å²) in [6, 6.07) is 13.9. The van der Waals surface area contributed by atoms with Gasteiger partial charge in [-0.15, -0.1) is 0 Å². The number of aryl methyl sites for hydroxylation is 1. The molecule has 1 fully saturated rings. The van der Waals surface area contributed by atoms with Gasteiger partial charge in [0.25, 0.3) is 0 Å². The smallest absolute Gasteiger partial charge is 0.0152 e. The van der Waals surface area contributed by atoms with E-state index >= 15 is 0 Å². The SMILES string of the molecule is CCCCCc1cc(C2CCCC2)cc2ccccc12. The molecule has 0 bridgehead atoms. The molecule has 1 aliphatic carbocycles. The van der Waals surface area contributed by atoms with E-state index in [-0.39, 0.29) is 0 Å². The summed E-state index contributed by atoms with van der Waals surface area (Å²) in [6.45, 7) is 2.28. The minimum absolute atomic E-state index is 0.824. The lowest BCUT2D eigenvalue weighted by molar-refractivity contribution is 0.708. The van der Waals surface area contributed by atoms with E-state index in [0.29, 0.717) is 0 Å². The molecule has 20 heavy (non-hydrogen) atoms. The Labute approximate surface area is 123 Å². The number of hydrogen-bond donors (Lipinski definition) is 0. The lowest BCUT2D eigenvalue weighted by atomic mass is 9.90. The molecule has 0 amide bonds. The number of benzene rings is 2. The summed E-state index contributed by atoms with van der Waals surface area (Å²) in [7, 11) is 0. The fourth-order valence-corrected chi connectivity index (χ4v) is 3.68. The van der Waals surface area contributed by atoms with Crippen LogP contribution in [-0.4, -0.2) is 0 Å². The van der Waals surface area contributed by atoms with Crippen LogP contribution in [0, 0.1) is 0 Å². The topological polar surface area (TPSA) is 0 Å². The maximum Gasteiger partial charge on any atom is -0.0152 e. The maximum absolute atomic E-state index is 2.52. The fourth-order valence-electron chi connectivity index (χ4n) is 3.68. The first-order chi connectivity index (χ1) is 9.88. The van der Waals surface area contributed by atoms with Crippen LogP contribution in [0.1, 0.15) is 68.9 Å². The van der Waals surface area contributed by atoms with Gasteiger partial charge in [0.1, 0.15) is 0 Å². The van der Waals surface area contributed by atoms with Crippen molar-refractivity contribution in [1.82, 2.24) is 0 Å². The van der Waals surface area contributed by atoms with Gasteiger partial charge in [0.2, 0.25) is 0 Å². The Balaban J connectivity index is 1.95. The normalized spacial score (nSPS) is 16.1. The Bertz CT molecular complexity index is 561. The fraction of sp³-hybridized carbons (Fsp3) is 0.500. The predicted molar refractivity (Wildman–Crippen MR) is 88.4 cm³/mol. The lowest BCUT2D eigenvalue weighted by Crippen LogP contribution is -1.96. The number of rotatable bonds is 5. The van der Waals surface area contributed by atoms with Gasteiger partial charge in [0.15, 0.2) is 0 Å². The molecule has 2 aromatic carbocycles. The summed E-state index contributed by atoms with van der Waals surface area (Å²) < 4.78 is 0. The molecular weight excluding hydrogens is 240 g/mol. The molecule has 0 atom stereocenters. The molecule has 0 aliphatic heterocycles. The van der Waals surface area contributed by atoms with Crippen molar-refractivity contribution in [3.05, 3.63) is 47.5 Å². The van der Waals surface area contributed by atoms with Crippen LogP contribution in [0.2, 0.25) is 0 Å². The molecular formula is C20H26. The molecule has 0 heteroatoms. The van der Waals surface area contributed by atoms with Crippen molar-refractivity contribution in [2.75, 3.05) is 0 Å². The first kappa shape index (κ1) is 13.7. The average Bonchev–Trinajstić information content (AvgIpc) is 3.01. The second-order valence-electron chi connectivity index (χ2n) is 6.34. The van der Waals surface area contributed by atoms with Gasteiger partial charge in [0.05, 0.1) is 0 Å². The Morgan fingerprint density at radius 3 is 2.60 bits per heavy atom. The maximum atomic E-state index is 2.52. The monoisotopic (exact) mass is 266 g/mol. The van der Waals surface area contributed by atoms with Gasteiger partial charge < -0.3 is 0 Å². The van der Waals surface area contributed by atoms with Crippen molar-refractivity contribution in [2.45, 2.75) is 64.2 Å². The minimum Gasteiger partial charge on any atom is -0.0654 e. The number of unbranched alkanes of at least 4 members (excludes halogenated alkanes) is 2. The van der Waals surface area contributed by atoms with E-state index in [4.69, 9.17) is 0 Å². The molecule has 0 nitrogen and oxygen atoms in total. The molecule has 0 aromatic heterocycles. The summed E-state index contributed by atoms with van der Waals surface area (Å²) in [5, 5.41) is 2.92. The number of hydrogen-bond acceptors (Lipinski definition) is 0. The third-order valence-corrected chi connectivity index (χ3v) is 4.85. The average molecular weight is 266 g/mol. The van der Waals surface area contributed by atoms with Gasteiger partial charge in [-0.2, -0.15) is 0 Å². The molecule has 1 aliphatic rings. The van der Waals surface area contributed by atoms with E-state index in [1.54, 1.807) is 11.1 Å². The first-order valence-electron chi connectivity index (χ1n) is 8.40. The zero-order chi connectivity index (χ0) is 13.8. The third-order valence-electron chi connectivity index (χ3n) is 4.85. The molecule has 0 spiro atoms. The molecule has 0 N–H and O–H groups in total. The van der Waals surface area contributed by atoms with Gasteiger partial charge in [-0.05, 0) is 53.5 Å². The molecule has 0 unspecified atom stereocenters. The molecule has 0 radical (unpaired) electrons. The zero-order valence-corrected chi connectivity index (χ0v) is 12.7. The second-order valence-corrected chi connectivity index (χ2v) is 6.34. The van der Waals surface area contributed by atoms with Crippen molar-refractivity contribution in [1.29, 1.82) is 0 Å². The van der Waals surface area contributed by atoms with Crippen LogP contribution in [0.5, 0.6) is 0 Å². The quantitative estimate of drug-likeness (QED) is 0.563. The van der Waals surface area contributed by atoms with Crippen LogP contribution >= 0.6 is 0 Å². The van der Waals surface area contributed by atoms with Crippen LogP contribution < -0.4 is 0 Å². The number of fused-ring (bicyclic) bond motifs is 1. The molecule has 1 saturated carbocycles. The Morgan fingerprint density at radius 1 is 1.00 bits per heavy atom. The van der Waals surface area contributed by atoms with Crippen LogP contribution in [0.3, 0.4) is 0 Å². The summed E-state index contributed by atoms with van der Waals surface area (Å²) in [4.78, 5) is 0. The predicted octanol–water partition coefficient (Wildman–Crippen LogP) is 6.23. The van der Waals surface area contributed by atoms with Crippen LogP contribution in [0.4, 0.5) is 0 Å². The van der Waals surface area contributed by atoms with Crippen molar-refractivity contribution in [2.24, 2.45) is 0 Å². The Morgan fingerprint density at radius 2 is 1.80 bits per heavy atom. The van der Waals surface area contributed by atoms with Crippen LogP contribution in [0.15, 0.2) is 36.4 Å². The first-order valence-corrected chi connectivity index (χ1v) is 8.40. The lowest BCUT2D eigenvalue weighted by Gasteiger charge is -2.14. The minimum atomic E-state index is 0.824. The Hall–Kier alpha value is -1.30. The van der Waals surface area contributed by atoms with Gasteiger partial charge in [0, 0.05) is 0 Å². The summed E-state index contributed by atoms with van der Waals surface area (Å²) in [5.74, 6) is 0.824.